The van der Waals surface area contributed by atoms with E-state index in [4.69, 9.17) is 0 Å². The predicted molar refractivity (Wildman–Crippen MR) is 88.1 cm³/mol. The van der Waals surface area contributed by atoms with Gasteiger partial charge in [-0.1, -0.05) is 26.2 Å². The molecule has 118 valence electrons. The van der Waals surface area contributed by atoms with Crippen LogP contribution in [0.1, 0.15) is 72.6 Å². The molecule has 0 radical (unpaired) electrons. The molecule has 0 heterocycles. The van der Waals surface area contributed by atoms with Crippen molar-refractivity contribution in [2.75, 3.05) is 20.1 Å². The molecule has 0 aromatic heterocycles. The fourth-order valence-electron chi connectivity index (χ4n) is 3.70. The molecule has 2 nitrogen and oxygen atoms in total. The second kappa shape index (κ2) is 6.36. The summed E-state index contributed by atoms with van der Waals surface area (Å²) in [6, 6.07) is 0.876. The van der Waals surface area contributed by atoms with Crippen molar-refractivity contribution < 1.29 is 0 Å². The van der Waals surface area contributed by atoms with Crippen LogP contribution in [-0.2, 0) is 0 Å². The van der Waals surface area contributed by atoms with Gasteiger partial charge in [-0.25, -0.2) is 0 Å². The van der Waals surface area contributed by atoms with E-state index in [9.17, 15) is 0 Å². The summed E-state index contributed by atoms with van der Waals surface area (Å²) in [7, 11) is 2.36. The van der Waals surface area contributed by atoms with Gasteiger partial charge < -0.3 is 10.2 Å². The summed E-state index contributed by atoms with van der Waals surface area (Å²) in [5.74, 6) is 0.937. The molecule has 0 aliphatic heterocycles. The van der Waals surface area contributed by atoms with Gasteiger partial charge in [-0.3, -0.25) is 0 Å². The Morgan fingerprint density at radius 1 is 1.10 bits per heavy atom. The lowest BCUT2D eigenvalue weighted by atomic mass is 9.69. The van der Waals surface area contributed by atoms with Crippen molar-refractivity contribution in [1.29, 1.82) is 0 Å². The van der Waals surface area contributed by atoms with E-state index in [2.05, 4.69) is 45.0 Å². The van der Waals surface area contributed by atoms with E-state index in [1.165, 1.54) is 58.0 Å². The largest absolute Gasteiger partial charge is 0.311 e. The Morgan fingerprint density at radius 3 is 2.15 bits per heavy atom. The number of hydrogen-bond donors (Lipinski definition) is 1. The lowest BCUT2D eigenvalue weighted by molar-refractivity contribution is 0.0517. The third-order valence-corrected chi connectivity index (χ3v) is 5.61. The van der Waals surface area contributed by atoms with Gasteiger partial charge in [0, 0.05) is 24.7 Å². The van der Waals surface area contributed by atoms with Gasteiger partial charge in [0.15, 0.2) is 0 Å². The lowest BCUT2D eigenvalue weighted by Gasteiger charge is -2.46. The number of rotatable bonds is 5. The van der Waals surface area contributed by atoms with Gasteiger partial charge >= 0.3 is 0 Å². The van der Waals surface area contributed by atoms with Gasteiger partial charge in [0.2, 0.25) is 0 Å². The van der Waals surface area contributed by atoms with Crippen LogP contribution in [0.25, 0.3) is 0 Å². The normalized spacial score (nSPS) is 32.4. The minimum Gasteiger partial charge on any atom is -0.311 e. The molecular weight excluding hydrogens is 244 g/mol. The average molecular weight is 280 g/mol. The molecule has 0 atom stereocenters. The highest BCUT2D eigenvalue weighted by molar-refractivity contribution is 4.92. The van der Waals surface area contributed by atoms with Crippen LogP contribution in [0, 0.1) is 11.3 Å². The molecule has 0 saturated heterocycles. The molecule has 1 N–H and O–H groups in total. The molecule has 0 aromatic carbocycles. The standard InChI is InChI=1S/C18H36N2/c1-15-9-11-18(12-10-15,13-19-17(2,3)4)14-20(5)16-7-6-8-16/h15-16,19H,6-14H2,1-5H3. The van der Waals surface area contributed by atoms with Crippen LogP contribution < -0.4 is 5.32 Å². The first-order chi connectivity index (χ1) is 9.30. The molecule has 0 amide bonds. The highest BCUT2D eigenvalue weighted by Crippen LogP contribution is 2.40. The van der Waals surface area contributed by atoms with E-state index >= 15 is 0 Å². The van der Waals surface area contributed by atoms with Gasteiger partial charge in [-0.15, -0.1) is 0 Å². The quantitative estimate of drug-likeness (QED) is 0.817. The van der Waals surface area contributed by atoms with Crippen molar-refractivity contribution in [2.45, 2.75) is 84.2 Å². The Hall–Kier alpha value is -0.0800. The van der Waals surface area contributed by atoms with Crippen LogP contribution in [0.15, 0.2) is 0 Å². The van der Waals surface area contributed by atoms with Gasteiger partial charge in [-0.05, 0) is 64.8 Å². The summed E-state index contributed by atoms with van der Waals surface area (Å²) in [5, 5.41) is 3.80. The summed E-state index contributed by atoms with van der Waals surface area (Å²) in [6.07, 6.45) is 9.96. The van der Waals surface area contributed by atoms with Gasteiger partial charge in [0.05, 0.1) is 0 Å². The monoisotopic (exact) mass is 280 g/mol. The highest BCUT2D eigenvalue weighted by Gasteiger charge is 2.37. The molecule has 20 heavy (non-hydrogen) atoms. The molecule has 0 spiro atoms. The first-order valence-corrected chi connectivity index (χ1v) is 8.75. The zero-order valence-electron chi connectivity index (χ0n) is 14.5. The second-order valence-electron chi connectivity index (χ2n) is 8.79. The van der Waals surface area contributed by atoms with E-state index in [1.54, 1.807) is 0 Å². The van der Waals surface area contributed by atoms with Gasteiger partial charge in [0.25, 0.3) is 0 Å². The SMILES string of the molecule is CC1CCC(CNC(C)(C)C)(CN(C)C2CCC2)CC1. The number of nitrogens with one attached hydrogen (secondary N) is 1. The maximum absolute atomic E-state index is 3.80. The van der Waals surface area contributed by atoms with E-state index < -0.39 is 0 Å². The van der Waals surface area contributed by atoms with Gasteiger partial charge in [-0.2, -0.15) is 0 Å². The van der Waals surface area contributed by atoms with E-state index in [0.29, 0.717) is 5.41 Å². The van der Waals surface area contributed by atoms with Crippen molar-refractivity contribution in [3.05, 3.63) is 0 Å². The minimum absolute atomic E-state index is 0.241. The molecule has 2 aliphatic carbocycles. The van der Waals surface area contributed by atoms with Crippen LogP contribution in [0.4, 0.5) is 0 Å². The third-order valence-electron chi connectivity index (χ3n) is 5.61. The molecule has 0 aromatic rings. The van der Waals surface area contributed by atoms with E-state index in [1.807, 2.05) is 0 Å². The molecule has 0 bridgehead atoms. The van der Waals surface area contributed by atoms with Crippen molar-refractivity contribution >= 4 is 0 Å². The first-order valence-electron chi connectivity index (χ1n) is 8.75. The minimum atomic E-state index is 0.241. The predicted octanol–water partition coefficient (Wildman–Crippen LogP) is 4.06. The Bertz CT molecular complexity index is 293. The molecule has 2 heteroatoms. The fourth-order valence-corrected chi connectivity index (χ4v) is 3.70. The highest BCUT2D eigenvalue weighted by atomic mass is 15.1. The zero-order chi connectivity index (χ0) is 14.8. The number of nitrogens with zero attached hydrogens (tertiary/aromatic N) is 1. The summed E-state index contributed by atoms with van der Waals surface area (Å²) in [5.41, 5.74) is 0.759. The maximum Gasteiger partial charge on any atom is 0.00967 e. The topological polar surface area (TPSA) is 15.3 Å². The van der Waals surface area contributed by atoms with Crippen LogP contribution in [-0.4, -0.2) is 36.6 Å². The smallest absolute Gasteiger partial charge is 0.00967 e. The van der Waals surface area contributed by atoms with Crippen LogP contribution in [0.3, 0.4) is 0 Å². The third kappa shape index (κ3) is 4.46. The van der Waals surface area contributed by atoms with Crippen molar-refractivity contribution in [3.63, 3.8) is 0 Å². The van der Waals surface area contributed by atoms with E-state index in [0.717, 1.165) is 12.0 Å². The van der Waals surface area contributed by atoms with Crippen LogP contribution in [0.5, 0.6) is 0 Å². The molecule has 2 fully saturated rings. The first kappa shape index (κ1) is 16.3. The summed E-state index contributed by atoms with van der Waals surface area (Å²) >= 11 is 0. The fraction of sp³-hybridized carbons (Fsp3) is 1.00. The average Bonchev–Trinajstić information content (AvgIpc) is 2.27. The molecule has 2 aliphatic rings. The molecule has 2 rings (SSSR count). The Kier molecular flexibility index (Phi) is 5.18. The Labute approximate surface area is 126 Å². The summed E-state index contributed by atoms with van der Waals surface area (Å²) < 4.78 is 0. The molecular formula is C18H36N2. The molecule has 0 unspecified atom stereocenters. The van der Waals surface area contributed by atoms with Crippen molar-refractivity contribution in [1.82, 2.24) is 10.2 Å². The summed E-state index contributed by atoms with van der Waals surface area (Å²) in [4.78, 5) is 2.67. The van der Waals surface area contributed by atoms with Crippen LogP contribution >= 0.6 is 0 Å². The van der Waals surface area contributed by atoms with Crippen molar-refractivity contribution in [3.8, 4) is 0 Å². The molecule has 2 saturated carbocycles. The maximum atomic E-state index is 3.80. The van der Waals surface area contributed by atoms with Gasteiger partial charge in [0.1, 0.15) is 0 Å². The Balaban J connectivity index is 1.95. The summed E-state index contributed by atoms with van der Waals surface area (Å²) in [6.45, 7) is 11.8. The number of hydrogen-bond acceptors (Lipinski definition) is 2. The van der Waals surface area contributed by atoms with Crippen LogP contribution in [0.2, 0.25) is 0 Å². The Morgan fingerprint density at radius 2 is 1.70 bits per heavy atom. The second-order valence-corrected chi connectivity index (χ2v) is 8.79. The lowest BCUT2D eigenvalue weighted by Crippen LogP contribution is -2.52. The van der Waals surface area contributed by atoms with Crippen molar-refractivity contribution in [2.24, 2.45) is 11.3 Å². The zero-order valence-corrected chi connectivity index (χ0v) is 14.5. The van der Waals surface area contributed by atoms with E-state index in [-0.39, 0.29) is 5.54 Å².